The van der Waals surface area contributed by atoms with Crippen molar-refractivity contribution in [1.82, 2.24) is 0 Å². The van der Waals surface area contributed by atoms with Gasteiger partial charge in [-0.1, -0.05) is 64.8 Å². The molecule has 1 fully saturated rings. The standard InChI is InChI=1S/C16H7Cl3FNOS2/c17-10-2-1-3-11(18)9(10)7-14-15(22)21(16(23)24-14)8-4-5-13(20)12(19)6-8/h1-7H/b14-7+. The number of amides is 1. The van der Waals surface area contributed by atoms with Crippen molar-refractivity contribution in [3.63, 3.8) is 0 Å². The SMILES string of the molecule is O=C1/C(=C\c2c(Cl)cccc2Cl)SC(=S)N1c1ccc(F)c(Cl)c1. The van der Waals surface area contributed by atoms with E-state index in [1.807, 2.05) is 0 Å². The van der Waals surface area contributed by atoms with Gasteiger partial charge in [-0.05, 0) is 36.4 Å². The Morgan fingerprint density at radius 3 is 2.38 bits per heavy atom. The van der Waals surface area contributed by atoms with E-state index in [0.717, 1.165) is 11.8 Å². The molecule has 0 saturated carbocycles. The average Bonchev–Trinajstić information content (AvgIpc) is 2.80. The largest absolute Gasteiger partial charge is 0.270 e. The molecule has 2 nitrogen and oxygen atoms in total. The van der Waals surface area contributed by atoms with Crippen LogP contribution >= 0.6 is 58.8 Å². The van der Waals surface area contributed by atoms with Gasteiger partial charge in [0, 0.05) is 15.6 Å². The lowest BCUT2D eigenvalue weighted by Gasteiger charge is -2.14. The van der Waals surface area contributed by atoms with Crippen molar-refractivity contribution in [3.8, 4) is 0 Å². The second-order valence-corrected chi connectivity index (χ2v) is 7.65. The Morgan fingerprint density at radius 1 is 1.08 bits per heavy atom. The first-order valence-corrected chi connectivity index (χ1v) is 8.91. The van der Waals surface area contributed by atoms with Gasteiger partial charge in [0.15, 0.2) is 4.32 Å². The maximum Gasteiger partial charge on any atom is 0.270 e. The number of rotatable bonds is 2. The number of halogens is 4. The zero-order valence-corrected chi connectivity index (χ0v) is 15.6. The van der Waals surface area contributed by atoms with Crippen molar-refractivity contribution in [2.24, 2.45) is 0 Å². The monoisotopic (exact) mass is 417 g/mol. The molecule has 1 aliphatic heterocycles. The highest BCUT2D eigenvalue weighted by atomic mass is 35.5. The third kappa shape index (κ3) is 3.32. The summed E-state index contributed by atoms with van der Waals surface area (Å²) in [6.45, 7) is 0. The predicted molar refractivity (Wildman–Crippen MR) is 104 cm³/mol. The zero-order valence-electron chi connectivity index (χ0n) is 11.7. The molecular formula is C16H7Cl3FNOS2. The van der Waals surface area contributed by atoms with Crippen LogP contribution in [0.3, 0.4) is 0 Å². The predicted octanol–water partition coefficient (Wildman–Crippen LogP) is 6.19. The Kier molecular flexibility index (Phi) is 5.18. The van der Waals surface area contributed by atoms with E-state index >= 15 is 0 Å². The zero-order chi connectivity index (χ0) is 17.4. The third-order valence-electron chi connectivity index (χ3n) is 3.23. The van der Waals surface area contributed by atoms with E-state index in [2.05, 4.69) is 0 Å². The van der Waals surface area contributed by atoms with Gasteiger partial charge < -0.3 is 0 Å². The Labute approximate surface area is 162 Å². The maximum atomic E-state index is 13.3. The van der Waals surface area contributed by atoms with Gasteiger partial charge in [0.2, 0.25) is 0 Å². The highest BCUT2D eigenvalue weighted by molar-refractivity contribution is 8.27. The fraction of sp³-hybridized carbons (Fsp3) is 0. The van der Waals surface area contributed by atoms with Crippen LogP contribution in [0.15, 0.2) is 41.3 Å². The summed E-state index contributed by atoms with van der Waals surface area (Å²) < 4.78 is 13.6. The van der Waals surface area contributed by atoms with Crippen molar-refractivity contribution in [3.05, 3.63) is 67.8 Å². The fourth-order valence-corrected chi connectivity index (χ4v) is 4.06. The van der Waals surface area contributed by atoms with Crippen molar-refractivity contribution in [2.75, 3.05) is 4.90 Å². The highest BCUT2D eigenvalue weighted by Gasteiger charge is 2.33. The maximum absolute atomic E-state index is 13.3. The molecule has 1 saturated heterocycles. The van der Waals surface area contributed by atoms with E-state index in [1.54, 1.807) is 24.3 Å². The number of hydrogen-bond acceptors (Lipinski definition) is 3. The lowest BCUT2D eigenvalue weighted by molar-refractivity contribution is -0.113. The van der Waals surface area contributed by atoms with Crippen molar-refractivity contribution >= 4 is 80.8 Å². The number of thioether (sulfide) groups is 1. The van der Waals surface area contributed by atoms with E-state index in [1.165, 1.54) is 23.1 Å². The molecule has 3 rings (SSSR count). The lowest BCUT2D eigenvalue weighted by atomic mass is 10.2. The summed E-state index contributed by atoms with van der Waals surface area (Å²) in [7, 11) is 0. The van der Waals surface area contributed by atoms with Gasteiger partial charge in [-0.25, -0.2) is 4.39 Å². The van der Waals surface area contributed by atoms with Gasteiger partial charge in [-0.2, -0.15) is 0 Å². The van der Waals surface area contributed by atoms with Gasteiger partial charge in [0.05, 0.1) is 15.6 Å². The summed E-state index contributed by atoms with van der Waals surface area (Å²) >= 11 is 24.4. The molecule has 2 aromatic rings. The fourth-order valence-electron chi connectivity index (χ4n) is 2.09. The molecule has 1 aliphatic rings. The molecule has 8 heteroatoms. The molecule has 0 atom stereocenters. The molecule has 0 aliphatic carbocycles. The average molecular weight is 419 g/mol. The first-order chi connectivity index (χ1) is 11.4. The second kappa shape index (κ2) is 7.02. The van der Waals surface area contributed by atoms with E-state index in [0.29, 0.717) is 30.5 Å². The van der Waals surface area contributed by atoms with Crippen molar-refractivity contribution in [1.29, 1.82) is 0 Å². The van der Waals surface area contributed by atoms with Gasteiger partial charge in [0.25, 0.3) is 5.91 Å². The molecule has 0 aromatic heterocycles. The minimum absolute atomic E-state index is 0.0836. The molecule has 0 spiro atoms. The van der Waals surface area contributed by atoms with E-state index in [-0.39, 0.29) is 10.9 Å². The van der Waals surface area contributed by atoms with Crippen LogP contribution in [0.25, 0.3) is 6.08 Å². The van der Waals surface area contributed by atoms with Gasteiger partial charge in [0.1, 0.15) is 5.82 Å². The van der Waals surface area contributed by atoms with Crippen molar-refractivity contribution in [2.45, 2.75) is 0 Å². The van der Waals surface area contributed by atoms with Crippen molar-refractivity contribution < 1.29 is 9.18 Å². The first-order valence-electron chi connectivity index (χ1n) is 6.55. The smallest absolute Gasteiger partial charge is 0.268 e. The van der Waals surface area contributed by atoms with Crippen LogP contribution in [0.4, 0.5) is 10.1 Å². The highest BCUT2D eigenvalue weighted by Crippen LogP contribution is 2.38. The normalized spacial score (nSPS) is 16.3. The molecule has 2 aromatic carbocycles. The summed E-state index contributed by atoms with van der Waals surface area (Å²) in [5.74, 6) is -0.909. The molecule has 122 valence electrons. The second-order valence-electron chi connectivity index (χ2n) is 4.75. The van der Waals surface area contributed by atoms with Gasteiger partial charge in [-0.3, -0.25) is 9.69 Å². The number of benzene rings is 2. The van der Waals surface area contributed by atoms with Gasteiger partial charge in [-0.15, -0.1) is 0 Å². The molecule has 1 heterocycles. The minimum Gasteiger partial charge on any atom is -0.268 e. The molecule has 24 heavy (non-hydrogen) atoms. The Balaban J connectivity index is 2.00. The van der Waals surface area contributed by atoms with Crippen LogP contribution in [0.5, 0.6) is 0 Å². The van der Waals surface area contributed by atoms with E-state index < -0.39 is 5.82 Å². The Hall–Kier alpha value is -1.11. The summed E-state index contributed by atoms with van der Waals surface area (Å²) in [4.78, 5) is 14.3. The number of carbonyl (C=O) groups is 1. The number of anilines is 1. The van der Waals surface area contributed by atoms with Crippen LogP contribution in [0, 0.1) is 5.82 Å². The van der Waals surface area contributed by atoms with Crippen LogP contribution in [-0.2, 0) is 4.79 Å². The quantitative estimate of drug-likeness (QED) is 0.428. The van der Waals surface area contributed by atoms with Crippen LogP contribution < -0.4 is 4.90 Å². The number of carbonyl (C=O) groups excluding carboxylic acids is 1. The molecular weight excluding hydrogens is 412 g/mol. The molecule has 0 bridgehead atoms. The van der Waals surface area contributed by atoms with Crippen LogP contribution in [-0.4, -0.2) is 10.2 Å². The number of thiocarbonyl (C=S) groups is 1. The van der Waals surface area contributed by atoms with Gasteiger partial charge >= 0.3 is 0 Å². The minimum atomic E-state index is -0.566. The van der Waals surface area contributed by atoms with Crippen LogP contribution in [0.2, 0.25) is 15.1 Å². The number of hydrogen-bond donors (Lipinski definition) is 0. The summed E-state index contributed by atoms with van der Waals surface area (Å²) in [6.07, 6.45) is 1.59. The van der Waals surface area contributed by atoms with E-state index in [9.17, 15) is 9.18 Å². The summed E-state index contributed by atoms with van der Waals surface area (Å²) in [6, 6.07) is 9.06. The summed E-state index contributed by atoms with van der Waals surface area (Å²) in [5.41, 5.74) is 0.941. The van der Waals surface area contributed by atoms with E-state index in [4.69, 9.17) is 47.0 Å². The molecule has 1 amide bonds. The topological polar surface area (TPSA) is 20.3 Å². The number of nitrogens with zero attached hydrogens (tertiary/aromatic N) is 1. The van der Waals surface area contributed by atoms with Crippen LogP contribution in [0.1, 0.15) is 5.56 Å². The Bertz CT molecular complexity index is 881. The lowest BCUT2D eigenvalue weighted by Crippen LogP contribution is -2.27. The summed E-state index contributed by atoms with van der Waals surface area (Å²) in [5, 5.41) is 0.773. The molecule has 0 radical (unpaired) electrons. The molecule has 0 unspecified atom stereocenters. The first kappa shape index (κ1) is 17.7. The third-order valence-corrected chi connectivity index (χ3v) is 5.48. The Morgan fingerprint density at radius 2 is 1.75 bits per heavy atom. The molecule has 0 N–H and O–H groups in total.